The number of Topliss-reactive ketones (excluding diaryl/α,β-unsaturated/α-hetero) is 1. The lowest BCUT2D eigenvalue weighted by Gasteiger charge is -2.05. The van der Waals surface area contributed by atoms with E-state index in [9.17, 15) is 15.0 Å². The van der Waals surface area contributed by atoms with E-state index in [0.717, 1.165) is 32.1 Å². The number of phenolic OH excluding ortho intramolecular Hbond substituents is 2. The van der Waals surface area contributed by atoms with Gasteiger partial charge in [0.25, 0.3) is 0 Å². The second-order valence-electron chi connectivity index (χ2n) is 6.44. The van der Waals surface area contributed by atoms with Crippen LogP contribution in [0.4, 0.5) is 0 Å². The minimum Gasteiger partial charge on any atom is -0.508 e. The van der Waals surface area contributed by atoms with Crippen molar-refractivity contribution < 1.29 is 20.1 Å². The molecule has 0 aliphatic carbocycles. The van der Waals surface area contributed by atoms with E-state index in [1.54, 1.807) is 0 Å². The third-order valence-corrected chi connectivity index (χ3v) is 3.94. The normalized spacial score (nSPS) is 12.3. The van der Waals surface area contributed by atoms with Gasteiger partial charge in [0.1, 0.15) is 17.3 Å². The lowest BCUT2D eigenvalue weighted by Crippen LogP contribution is -2.02. The van der Waals surface area contributed by atoms with Crippen molar-refractivity contribution in [3.8, 4) is 11.5 Å². The maximum atomic E-state index is 11.9. The van der Waals surface area contributed by atoms with Gasteiger partial charge in [-0.25, -0.2) is 0 Å². The molecule has 0 amide bonds. The van der Waals surface area contributed by atoms with E-state index in [4.69, 9.17) is 5.11 Å². The number of phenols is 2. The number of carbonyl (C=O) groups excluding carboxylic acids is 1. The van der Waals surface area contributed by atoms with Crippen LogP contribution in [-0.4, -0.2) is 27.2 Å². The molecule has 0 saturated carbocycles. The quantitative estimate of drug-likeness (QED) is 0.506. The van der Waals surface area contributed by atoms with Gasteiger partial charge in [0, 0.05) is 18.9 Å². The van der Waals surface area contributed by atoms with E-state index in [-0.39, 0.29) is 29.8 Å². The molecule has 4 heteroatoms. The molecule has 1 aromatic rings. The molecule has 0 bridgehead atoms. The van der Waals surface area contributed by atoms with E-state index in [1.807, 2.05) is 6.92 Å². The van der Waals surface area contributed by atoms with E-state index < -0.39 is 0 Å². The number of hydrogen-bond donors (Lipinski definition) is 3. The molecule has 0 fully saturated rings. The second kappa shape index (κ2) is 11.1. The van der Waals surface area contributed by atoms with Crippen LogP contribution in [0.3, 0.4) is 0 Å². The average molecular weight is 322 g/mol. The Morgan fingerprint density at radius 2 is 1.43 bits per heavy atom. The molecule has 23 heavy (non-hydrogen) atoms. The van der Waals surface area contributed by atoms with Gasteiger partial charge in [-0.3, -0.25) is 4.79 Å². The molecule has 3 N–H and O–H groups in total. The number of benzene rings is 1. The fraction of sp³-hybridized carbons (Fsp3) is 0.632. The molecule has 0 radical (unpaired) electrons. The van der Waals surface area contributed by atoms with Crippen LogP contribution in [0.25, 0.3) is 0 Å². The summed E-state index contributed by atoms with van der Waals surface area (Å²) < 4.78 is 0. The Morgan fingerprint density at radius 3 is 2.00 bits per heavy atom. The Hall–Kier alpha value is -1.55. The smallest absolute Gasteiger partial charge is 0.137 e. The van der Waals surface area contributed by atoms with Gasteiger partial charge >= 0.3 is 0 Å². The van der Waals surface area contributed by atoms with Crippen LogP contribution in [0.1, 0.15) is 70.3 Å². The van der Waals surface area contributed by atoms with Crippen LogP contribution >= 0.6 is 0 Å². The third-order valence-electron chi connectivity index (χ3n) is 3.94. The Labute approximate surface area is 139 Å². The van der Waals surface area contributed by atoms with E-state index in [2.05, 4.69) is 0 Å². The number of hydrogen-bond acceptors (Lipinski definition) is 4. The first-order valence-corrected chi connectivity index (χ1v) is 8.69. The van der Waals surface area contributed by atoms with Gasteiger partial charge in [0.2, 0.25) is 0 Å². The monoisotopic (exact) mass is 322 g/mol. The first-order chi connectivity index (χ1) is 11.0. The molecule has 130 valence electrons. The minimum atomic E-state index is -0.186. The highest BCUT2D eigenvalue weighted by Gasteiger charge is 2.06. The molecule has 1 aromatic carbocycles. The van der Waals surface area contributed by atoms with E-state index in [1.165, 1.54) is 37.5 Å². The predicted molar refractivity (Wildman–Crippen MR) is 91.7 cm³/mol. The predicted octanol–water partition coefficient (Wildman–Crippen LogP) is 4.10. The van der Waals surface area contributed by atoms with Crippen LogP contribution in [0.15, 0.2) is 18.2 Å². The summed E-state index contributed by atoms with van der Waals surface area (Å²) in [4.78, 5) is 11.9. The summed E-state index contributed by atoms with van der Waals surface area (Å²) >= 11 is 0. The Balaban J connectivity index is 2.04. The first kappa shape index (κ1) is 19.5. The van der Waals surface area contributed by atoms with Crippen LogP contribution in [-0.2, 0) is 11.2 Å². The van der Waals surface area contributed by atoms with Gasteiger partial charge in [-0.2, -0.15) is 0 Å². The summed E-state index contributed by atoms with van der Waals surface area (Å²) in [5.41, 5.74) is 0.658. The largest absolute Gasteiger partial charge is 0.508 e. The van der Waals surface area contributed by atoms with Gasteiger partial charge in [0.15, 0.2) is 0 Å². The molecule has 0 heterocycles. The maximum Gasteiger partial charge on any atom is 0.137 e. The van der Waals surface area contributed by atoms with Crippen LogP contribution in [0, 0.1) is 0 Å². The number of carbonyl (C=O) groups is 1. The fourth-order valence-electron chi connectivity index (χ4n) is 2.72. The van der Waals surface area contributed by atoms with Crippen LogP contribution in [0.5, 0.6) is 11.5 Å². The number of unbranched alkanes of at least 4 members (excludes halogenated alkanes) is 6. The highest BCUT2D eigenvalue weighted by atomic mass is 16.3. The van der Waals surface area contributed by atoms with Crippen LogP contribution < -0.4 is 0 Å². The molecule has 0 spiro atoms. The Bertz CT molecular complexity index is 448. The maximum absolute atomic E-state index is 11.9. The second-order valence-corrected chi connectivity index (χ2v) is 6.44. The van der Waals surface area contributed by atoms with Crippen molar-refractivity contribution in [1.82, 2.24) is 0 Å². The topological polar surface area (TPSA) is 77.8 Å². The van der Waals surface area contributed by atoms with Gasteiger partial charge in [-0.1, -0.05) is 38.5 Å². The average Bonchev–Trinajstić information content (AvgIpc) is 2.44. The van der Waals surface area contributed by atoms with E-state index in [0.29, 0.717) is 12.0 Å². The van der Waals surface area contributed by atoms with Crippen molar-refractivity contribution in [2.45, 2.75) is 77.2 Å². The zero-order valence-electron chi connectivity index (χ0n) is 14.1. The van der Waals surface area contributed by atoms with Crippen LogP contribution in [0.2, 0.25) is 0 Å². The lowest BCUT2D eigenvalue weighted by molar-refractivity contribution is -0.118. The molecular formula is C19H30O4. The molecule has 1 atom stereocenters. The zero-order chi connectivity index (χ0) is 17.1. The molecule has 0 aliphatic heterocycles. The SMILES string of the molecule is CC(O)CCCCCCCCCC(=O)Cc1cc(O)cc(O)c1. The first-order valence-electron chi connectivity index (χ1n) is 8.69. The summed E-state index contributed by atoms with van der Waals surface area (Å²) in [6, 6.07) is 4.30. The van der Waals surface area contributed by atoms with Crippen molar-refractivity contribution in [3.05, 3.63) is 23.8 Å². The van der Waals surface area contributed by atoms with Gasteiger partial charge in [0.05, 0.1) is 6.10 Å². The Morgan fingerprint density at radius 1 is 0.913 bits per heavy atom. The van der Waals surface area contributed by atoms with Gasteiger partial charge < -0.3 is 15.3 Å². The Kier molecular flexibility index (Phi) is 9.37. The number of aliphatic hydroxyl groups is 1. The molecule has 1 unspecified atom stereocenters. The standard InChI is InChI=1S/C19H30O4/c1-15(20)9-7-5-3-2-4-6-8-10-17(21)11-16-12-18(22)14-19(23)13-16/h12-15,20,22-23H,2-11H2,1H3. The van der Waals surface area contributed by atoms with Gasteiger partial charge in [-0.15, -0.1) is 0 Å². The summed E-state index contributed by atoms with van der Waals surface area (Å²) in [5, 5.41) is 27.9. The van der Waals surface area contributed by atoms with Crippen molar-refractivity contribution in [1.29, 1.82) is 0 Å². The summed E-state index contributed by atoms with van der Waals surface area (Å²) in [6.45, 7) is 1.83. The number of aromatic hydroxyl groups is 2. The summed E-state index contributed by atoms with van der Waals surface area (Å²) in [7, 11) is 0. The van der Waals surface area contributed by atoms with Crippen molar-refractivity contribution >= 4 is 5.78 Å². The molecule has 0 aromatic heterocycles. The highest BCUT2D eigenvalue weighted by molar-refractivity contribution is 5.81. The van der Waals surface area contributed by atoms with Gasteiger partial charge in [-0.05, 0) is 37.5 Å². The molecule has 4 nitrogen and oxygen atoms in total. The molecule has 1 rings (SSSR count). The lowest BCUT2D eigenvalue weighted by atomic mass is 10.0. The molecule has 0 saturated heterocycles. The van der Waals surface area contributed by atoms with Crippen molar-refractivity contribution in [2.24, 2.45) is 0 Å². The summed E-state index contributed by atoms with van der Waals surface area (Å²) in [5.74, 6) is 0.124. The summed E-state index contributed by atoms with van der Waals surface area (Å²) in [6.07, 6.45) is 9.28. The number of rotatable bonds is 12. The fourth-order valence-corrected chi connectivity index (χ4v) is 2.72. The van der Waals surface area contributed by atoms with Crippen molar-refractivity contribution in [2.75, 3.05) is 0 Å². The zero-order valence-corrected chi connectivity index (χ0v) is 14.1. The number of aliphatic hydroxyl groups excluding tert-OH is 1. The number of ketones is 1. The highest BCUT2D eigenvalue weighted by Crippen LogP contribution is 2.21. The minimum absolute atomic E-state index is 0.0107. The van der Waals surface area contributed by atoms with Crippen molar-refractivity contribution in [3.63, 3.8) is 0 Å². The molecule has 0 aliphatic rings. The third kappa shape index (κ3) is 9.95. The van der Waals surface area contributed by atoms with E-state index >= 15 is 0 Å². The molecular weight excluding hydrogens is 292 g/mol.